The van der Waals surface area contributed by atoms with Gasteiger partial charge >= 0.3 is 5.97 Å². The van der Waals surface area contributed by atoms with Gasteiger partial charge in [0.05, 0.1) is 12.7 Å². The molecular weight excluding hydrogens is 354 g/mol. The third-order valence-electron chi connectivity index (χ3n) is 5.39. The smallest absolute Gasteiger partial charge is 0.333 e. The maximum Gasteiger partial charge on any atom is 0.333 e. The molecule has 1 atom stereocenters. The second-order valence-corrected chi connectivity index (χ2v) is 9.09. The van der Waals surface area contributed by atoms with Gasteiger partial charge in [0, 0.05) is 23.2 Å². The van der Waals surface area contributed by atoms with Gasteiger partial charge in [-0.25, -0.2) is 4.79 Å². The summed E-state index contributed by atoms with van der Waals surface area (Å²) in [5, 5.41) is 10.4. The summed E-state index contributed by atoms with van der Waals surface area (Å²) in [6.07, 6.45) is 1.16. The zero-order valence-corrected chi connectivity index (χ0v) is 17.9. The molecule has 0 aliphatic carbocycles. The Hall–Kier alpha value is -1.69. The Morgan fingerprint density at radius 1 is 1.21 bits per heavy atom. The molecule has 1 aromatic carbocycles. The first-order valence-corrected chi connectivity index (χ1v) is 9.95. The first-order chi connectivity index (χ1) is 13.0. The standard InChI is InChI=1S/C23H35NO4/c1-17(2)21(26)28-16-19(25)14-24-22(3,4)12-20(13-23(24,5)6)27-15-18-10-8-7-9-11-18/h7-11,19-20,25H,1,12-16H2,2-6H3. The number of nitrogens with zero attached hydrogens (tertiary/aromatic N) is 1. The minimum atomic E-state index is -0.747. The minimum Gasteiger partial charge on any atom is -0.460 e. The van der Waals surface area contributed by atoms with Gasteiger partial charge in [0.2, 0.25) is 0 Å². The Labute approximate surface area is 169 Å². The molecule has 1 aliphatic heterocycles. The zero-order chi connectivity index (χ0) is 20.9. The lowest BCUT2D eigenvalue weighted by Crippen LogP contribution is -2.63. The lowest BCUT2D eigenvalue weighted by molar-refractivity contribution is -0.146. The number of hydrogen-bond donors (Lipinski definition) is 1. The lowest BCUT2D eigenvalue weighted by Gasteiger charge is -2.55. The fourth-order valence-electron chi connectivity index (χ4n) is 4.19. The third-order valence-corrected chi connectivity index (χ3v) is 5.39. The summed E-state index contributed by atoms with van der Waals surface area (Å²) in [4.78, 5) is 13.9. The summed E-state index contributed by atoms with van der Waals surface area (Å²) in [5.74, 6) is -0.467. The SMILES string of the molecule is C=C(C)C(=O)OCC(O)CN1C(C)(C)CC(OCc2ccccc2)CC1(C)C. The minimum absolute atomic E-state index is 0.0255. The summed E-state index contributed by atoms with van der Waals surface area (Å²) >= 11 is 0. The number of likely N-dealkylation sites (tertiary alicyclic amines) is 1. The number of rotatable bonds is 8. The van der Waals surface area contributed by atoms with Gasteiger partial charge in [-0.15, -0.1) is 0 Å². The molecule has 28 heavy (non-hydrogen) atoms. The van der Waals surface area contributed by atoms with Crippen molar-refractivity contribution >= 4 is 5.97 Å². The number of ether oxygens (including phenoxy) is 2. The van der Waals surface area contributed by atoms with Gasteiger partial charge in [-0.2, -0.15) is 0 Å². The molecule has 1 aromatic rings. The highest BCUT2D eigenvalue weighted by Gasteiger charge is 2.46. The molecule has 0 radical (unpaired) electrons. The number of β-amino-alcohol motifs (C(OH)–C–C–N with tert-alkyl or cyclic N) is 1. The predicted octanol–water partition coefficient (Wildman–Crippen LogP) is 3.71. The molecule has 1 fully saturated rings. The van der Waals surface area contributed by atoms with Crippen molar-refractivity contribution in [2.45, 2.75) is 77.4 Å². The van der Waals surface area contributed by atoms with Gasteiger partial charge < -0.3 is 14.6 Å². The predicted molar refractivity (Wildman–Crippen MR) is 111 cm³/mol. The van der Waals surface area contributed by atoms with Crippen molar-refractivity contribution in [1.82, 2.24) is 4.90 Å². The fraction of sp³-hybridized carbons (Fsp3) is 0.609. The van der Waals surface area contributed by atoms with E-state index in [4.69, 9.17) is 9.47 Å². The summed E-state index contributed by atoms with van der Waals surface area (Å²) in [6.45, 7) is 14.9. The molecule has 5 nitrogen and oxygen atoms in total. The third kappa shape index (κ3) is 6.16. The van der Waals surface area contributed by atoms with Crippen LogP contribution in [0.2, 0.25) is 0 Å². The topological polar surface area (TPSA) is 59.0 Å². The first kappa shape index (κ1) is 22.6. The fourth-order valence-corrected chi connectivity index (χ4v) is 4.19. The average molecular weight is 390 g/mol. The largest absolute Gasteiger partial charge is 0.460 e. The van der Waals surface area contributed by atoms with Gasteiger partial charge in [-0.05, 0) is 53.0 Å². The molecule has 0 saturated carbocycles. The van der Waals surface area contributed by atoms with Crippen LogP contribution in [0.15, 0.2) is 42.5 Å². The number of benzene rings is 1. The molecule has 1 unspecified atom stereocenters. The normalized spacial score (nSPS) is 20.5. The van der Waals surface area contributed by atoms with Crippen molar-refractivity contribution in [2.24, 2.45) is 0 Å². The summed E-state index contributed by atoms with van der Waals surface area (Å²) in [6, 6.07) is 10.2. The van der Waals surface area contributed by atoms with Crippen LogP contribution in [-0.2, 0) is 20.9 Å². The summed E-state index contributed by atoms with van der Waals surface area (Å²) < 4.78 is 11.3. The summed E-state index contributed by atoms with van der Waals surface area (Å²) in [7, 11) is 0. The van der Waals surface area contributed by atoms with E-state index in [1.165, 1.54) is 5.56 Å². The van der Waals surface area contributed by atoms with E-state index >= 15 is 0 Å². The Kier molecular flexibility index (Phi) is 7.43. The number of hydrogen-bond acceptors (Lipinski definition) is 5. The quantitative estimate of drug-likeness (QED) is 0.543. The lowest BCUT2D eigenvalue weighted by atomic mass is 9.78. The number of piperidine rings is 1. The molecule has 1 aliphatic rings. The molecule has 1 saturated heterocycles. The molecule has 2 rings (SSSR count). The highest BCUT2D eigenvalue weighted by atomic mass is 16.5. The van der Waals surface area contributed by atoms with Crippen LogP contribution in [0.4, 0.5) is 0 Å². The molecule has 0 amide bonds. The van der Waals surface area contributed by atoms with Gasteiger partial charge in [-0.3, -0.25) is 4.90 Å². The highest BCUT2D eigenvalue weighted by Crippen LogP contribution is 2.39. The molecule has 156 valence electrons. The van der Waals surface area contributed by atoms with Crippen LogP contribution in [0.5, 0.6) is 0 Å². The Balaban J connectivity index is 1.95. The molecule has 0 aromatic heterocycles. The van der Waals surface area contributed by atoms with Crippen LogP contribution >= 0.6 is 0 Å². The molecular formula is C23H35NO4. The van der Waals surface area contributed by atoms with Crippen LogP contribution < -0.4 is 0 Å². The van der Waals surface area contributed by atoms with Gasteiger partial charge in [0.1, 0.15) is 12.7 Å². The van der Waals surface area contributed by atoms with Crippen LogP contribution in [0.1, 0.15) is 53.0 Å². The van der Waals surface area contributed by atoms with Crippen molar-refractivity contribution in [2.75, 3.05) is 13.2 Å². The van der Waals surface area contributed by atoms with Gasteiger partial charge in [-0.1, -0.05) is 36.9 Å². The van der Waals surface area contributed by atoms with Crippen LogP contribution in [0, 0.1) is 0 Å². The number of aliphatic hydroxyl groups is 1. The van der Waals surface area contributed by atoms with Crippen molar-refractivity contribution in [3.05, 3.63) is 48.0 Å². The second kappa shape index (κ2) is 9.21. The first-order valence-electron chi connectivity index (χ1n) is 9.95. The van der Waals surface area contributed by atoms with E-state index in [-0.39, 0.29) is 23.8 Å². The highest BCUT2D eigenvalue weighted by molar-refractivity contribution is 5.86. The molecule has 1 N–H and O–H groups in total. The van der Waals surface area contributed by atoms with E-state index < -0.39 is 12.1 Å². The average Bonchev–Trinajstić information content (AvgIpc) is 2.61. The number of esters is 1. The Morgan fingerprint density at radius 2 is 1.79 bits per heavy atom. The molecule has 0 spiro atoms. The Bertz CT molecular complexity index is 650. The second-order valence-electron chi connectivity index (χ2n) is 9.09. The monoisotopic (exact) mass is 389 g/mol. The van der Waals surface area contributed by atoms with Crippen molar-refractivity contribution in [1.29, 1.82) is 0 Å². The van der Waals surface area contributed by atoms with Crippen LogP contribution in [0.25, 0.3) is 0 Å². The van der Waals surface area contributed by atoms with E-state index in [9.17, 15) is 9.90 Å². The number of aliphatic hydroxyl groups excluding tert-OH is 1. The van der Waals surface area contributed by atoms with E-state index in [0.717, 1.165) is 12.8 Å². The number of carbonyl (C=O) groups excluding carboxylic acids is 1. The van der Waals surface area contributed by atoms with E-state index in [2.05, 4.69) is 51.3 Å². The van der Waals surface area contributed by atoms with E-state index in [1.807, 2.05) is 18.2 Å². The maximum absolute atomic E-state index is 11.6. The molecule has 0 bridgehead atoms. The number of carbonyl (C=O) groups is 1. The molecule has 1 heterocycles. The van der Waals surface area contributed by atoms with Gasteiger partial charge in [0.25, 0.3) is 0 Å². The zero-order valence-electron chi connectivity index (χ0n) is 17.9. The Morgan fingerprint density at radius 3 is 2.32 bits per heavy atom. The van der Waals surface area contributed by atoms with Crippen LogP contribution in [0.3, 0.4) is 0 Å². The van der Waals surface area contributed by atoms with Crippen molar-refractivity contribution in [3.63, 3.8) is 0 Å². The van der Waals surface area contributed by atoms with Crippen molar-refractivity contribution in [3.8, 4) is 0 Å². The molecule has 5 heteroatoms. The van der Waals surface area contributed by atoms with Gasteiger partial charge in [0.15, 0.2) is 0 Å². The van der Waals surface area contributed by atoms with Crippen LogP contribution in [-0.4, -0.2) is 52.4 Å². The maximum atomic E-state index is 11.6. The van der Waals surface area contributed by atoms with Crippen molar-refractivity contribution < 1.29 is 19.4 Å². The van der Waals surface area contributed by atoms with E-state index in [0.29, 0.717) is 18.7 Å². The summed E-state index contributed by atoms with van der Waals surface area (Å²) in [5.41, 5.74) is 1.21. The van der Waals surface area contributed by atoms with E-state index in [1.54, 1.807) is 6.92 Å².